The van der Waals surface area contributed by atoms with Crippen LogP contribution in [0.3, 0.4) is 0 Å². The van der Waals surface area contributed by atoms with Crippen LogP contribution in [0.4, 0.5) is 0 Å². The maximum absolute atomic E-state index is 10.9. The third-order valence-corrected chi connectivity index (χ3v) is 3.04. The highest BCUT2D eigenvalue weighted by atomic mass is 16.5. The van der Waals surface area contributed by atoms with Gasteiger partial charge in [-0.05, 0) is 24.1 Å². The average molecular weight is 265 g/mol. The molecule has 0 radical (unpaired) electrons. The molecule has 0 aliphatic heterocycles. The van der Waals surface area contributed by atoms with E-state index in [4.69, 9.17) is 9.84 Å². The lowest BCUT2D eigenvalue weighted by atomic mass is 10.1. The second-order valence-corrected chi connectivity index (χ2v) is 4.68. The number of methoxy groups -OCH3 is 1. The molecule has 4 heteroatoms. The second kappa shape index (κ2) is 8.67. The van der Waals surface area contributed by atoms with E-state index in [-0.39, 0.29) is 0 Å². The predicted molar refractivity (Wildman–Crippen MR) is 75.4 cm³/mol. The SMILES string of the molecule is CCCCC(COC)NCc1cccc(C(=O)O)c1. The van der Waals surface area contributed by atoms with Crippen molar-refractivity contribution in [3.05, 3.63) is 35.4 Å². The Balaban J connectivity index is 2.53. The lowest BCUT2D eigenvalue weighted by molar-refractivity contribution is 0.0696. The molecule has 0 fully saturated rings. The van der Waals surface area contributed by atoms with Gasteiger partial charge < -0.3 is 15.2 Å². The molecule has 0 saturated heterocycles. The van der Waals surface area contributed by atoms with Crippen molar-refractivity contribution in [3.63, 3.8) is 0 Å². The summed E-state index contributed by atoms with van der Waals surface area (Å²) in [6.45, 7) is 3.51. The number of nitrogens with one attached hydrogen (secondary N) is 1. The highest BCUT2D eigenvalue weighted by molar-refractivity contribution is 5.87. The van der Waals surface area contributed by atoms with Crippen molar-refractivity contribution in [2.45, 2.75) is 38.8 Å². The van der Waals surface area contributed by atoms with Crippen molar-refractivity contribution in [2.24, 2.45) is 0 Å². The van der Waals surface area contributed by atoms with Crippen molar-refractivity contribution in [3.8, 4) is 0 Å². The molecule has 0 saturated carbocycles. The molecular formula is C15H23NO3. The molecule has 0 heterocycles. The Morgan fingerprint density at radius 3 is 2.89 bits per heavy atom. The van der Waals surface area contributed by atoms with E-state index in [1.54, 1.807) is 25.3 Å². The van der Waals surface area contributed by atoms with Crippen molar-refractivity contribution < 1.29 is 14.6 Å². The van der Waals surface area contributed by atoms with Gasteiger partial charge in [0, 0.05) is 19.7 Å². The number of ether oxygens (including phenoxy) is 1. The molecule has 0 aliphatic carbocycles. The fraction of sp³-hybridized carbons (Fsp3) is 0.533. The maximum Gasteiger partial charge on any atom is 0.335 e. The Labute approximate surface area is 114 Å². The largest absolute Gasteiger partial charge is 0.478 e. The molecule has 1 atom stereocenters. The van der Waals surface area contributed by atoms with Crippen LogP contribution in [0.2, 0.25) is 0 Å². The summed E-state index contributed by atoms with van der Waals surface area (Å²) < 4.78 is 5.19. The molecule has 1 rings (SSSR count). The molecule has 2 N–H and O–H groups in total. The van der Waals surface area contributed by atoms with E-state index in [1.165, 1.54) is 0 Å². The normalized spacial score (nSPS) is 12.3. The van der Waals surface area contributed by atoms with Crippen LogP contribution in [0.5, 0.6) is 0 Å². The van der Waals surface area contributed by atoms with E-state index in [9.17, 15) is 4.79 Å². The first kappa shape index (κ1) is 15.7. The third-order valence-electron chi connectivity index (χ3n) is 3.04. The Morgan fingerprint density at radius 2 is 2.26 bits per heavy atom. The van der Waals surface area contributed by atoms with Crippen molar-refractivity contribution >= 4 is 5.97 Å². The van der Waals surface area contributed by atoms with Crippen LogP contribution >= 0.6 is 0 Å². The van der Waals surface area contributed by atoms with Crippen LogP contribution in [0, 0.1) is 0 Å². The summed E-state index contributed by atoms with van der Waals surface area (Å²) in [5, 5.41) is 12.4. The number of hydrogen-bond donors (Lipinski definition) is 2. The van der Waals surface area contributed by atoms with E-state index >= 15 is 0 Å². The zero-order valence-corrected chi connectivity index (χ0v) is 11.7. The number of hydrogen-bond acceptors (Lipinski definition) is 3. The lowest BCUT2D eigenvalue weighted by Gasteiger charge is -2.17. The zero-order chi connectivity index (χ0) is 14.1. The van der Waals surface area contributed by atoms with Crippen LogP contribution in [0.1, 0.15) is 42.1 Å². The molecule has 4 nitrogen and oxygen atoms in total. The molecule has 0 aliphatic rings. The first-order valence-electron chi connectivity index (χ1n) is 6.72. The van der Waals surface area contributed by atoms with Gasteiger partial charge in [-0.2, -0.15) is 0 Å². The average Bonchev–Trinajstić information content (AvgIpc) is 2.42. The highest BCUT2D eigenvalue weighted by Crippen LogP contribution is 2.07. The summed E-state index contributed by atoms with van der Waals surface area (Å²) in [7, 11) is 1.70. The minimum absolute atomic E-state index is 0.318. The van der Waals surface area contributed by atoms with E-state index in [2.05, 4.69) is 12.2 Å². The Morgan fingerprint density at radius 1 is 1.47 bits per heavy atom. The smallest absolute Gasteiger partial charge is 0.335 e. The number of carboxylic acids is 1. The second-order valence-electron chi connectivity index (χ2n) is 4.68. The molecular weight excluding hydrogens is 242 g/mol. The van der Waals surface area contributed by atoms with Crippen LogP contribution in [0.15, 0.2) is 24.3 Å². The molecule has 0 aromatic heterocycles. The predicted octanol–water partition coefficient (Wildman–Crippen LogP) is 2.68. The van der Waals surface area contributed by atoms with E-state index < -0.39 is 5.97 Å². The van der Waals surface area contributed by atoms with Crippen molar-refractivity contribution in [2.75, 3.05) is 13.7 Å². The van der Waals surface area contributed by atoms with E-state index in [0.29, 0.717) is 24.8 Å². The van der Waals surface area contributed by atoms with Gasteiger partial charge in [-0.15, -0.1) is 0 Å². The Kier molecular flexibility index (Phi) is 7.15. The molecule has 106 valence electrons. The maximum atomic E-state index is 10.9. The third kappa shape index (κ3) is 5.85. The summed E-state index contributed by atoms with van der Waals surface area (Å²) in [5.41, 5.74) is 1.31. The highest BCUT2D eigenvalue weighted by Gasteiger charge is 2.08. The van der Waals surface area contributed by atoms with E-state index in [0.717, 1.165) is 24.8 Å². The fourth-order valence-electron chi connectivity index (χ4n) is 1.97. The number of carbonyl (C=O) groups is 1. The van der Waals surface area contributed by atoms with Crippen LogP contribution in [-0.2, 0) is 11.3 Å². The van der Waals surface area contributed by atoms with Gasteiger partial charge in [-0.1, -0.05) is 31.9 Å². The van der Waals surface area contributed by atoms with Crippen molar-refractivity contribution in [1.29, 1.82) is 0 Å². The molecule has 1 unspecified atom stereocenters. The van der Waals surface area contributed by atoms with Gasteiger partial charge >= 0.3 is 5.97 Å². The van der Waals surface area contributed by atoms with Gasteiger partial charge in [0.2, 0.25) is 0 Å². The van der Waals surface area contributed by atoms with Gasteiger partial charge in [0.15, 0.2) is 0 Å². The summed E-state index contributed by atoms with van der Waals surface area (Å²) in [4.78, 5) is 10.9. The fourth-order valence-corrected chi connectivity index (χ4v) is 1.97. The first-order valence-corrected chi connectivity index (χ1v) is 6.72. The Hall–Kier alpha value is -1.39. The van der Waals surface area contributed by atoms with Crippen LogP contribution in [0.25, 0.3) is 0 Å². The molecule has 1 aromatic carbocycles. The summed E-state index contributed by atoms with van der Waals surface area (Å²) in [6.07, 6.45) is 3.40. The quantitative estimate of drug-likeness (QED) is 0.720. The monoisotopic (exact) mass is 265 g/mol. The summed E-state index contributed by atoms with van der Waals surface area (Å²) in [5.74, 6) is -0.888. The minimum atomic E-state index is -0.888. The number of carboxylic acid groups (broad SMARTS) is 1. The van der Waals surface area contributed by atoms with E-state index in [1.807, 2.05) is 6.07 Å². The van der Waals surface area contributed by atoms with Gasteiger partial charge in [-0.25, -0.2) is 4.79 Å². The van der Waals surface area contributed by atoms with Gasteiger partial charge in [0.1, 0.15) is 0 Å². The molecule has 0 bridgehead atoms. The van der Waals surface area contributed by atoms with Crippen LogP contribution < -0.4 is 5.32 Å². The number of rotatable bonds is 9. The standard InChI is InChI=1S/C15H23NO3/c1-3-4-8-14(11-19-2)16-10-12-6-5-7-13(9-12)15(17)18/h5-7,9,14,16H,3-4,8,10-11H2,1-2H3,(H,17,18). The van der Waals surface area contributed by atoms with Crippen LogP contribution in [-0.4, -0.2) is 30.8 Å². The topological polar surface area (TPSA) is 58.6 Å². The Bertz CT molecular complexity index is 393. The molecule has 0 spiro atoms. The lowest BCUT2D eigenvalue weighted by Crippen LogP contribution is -2.32. The number of benzene rings is 1. The first-order chi connectivity index (χ1) is 9.17. The summed E-state index contributed by atoms with van der Waals surface area (Å²) >= 11 is 0. The molecule has 0 amide bonds. The summed E-state index contributed by atoms with van der Waals surface area (Å²) in [6, 6.07) is 7.34. The number of unbranched alkanes of at least 4 members (excludes halogenated alkanes) is 1. The van der Waals surface area contributed by atoms with Gasteiger partial charge in [0.05, 0.1) is 12.2 Å². The minimum Gasteiger partial charge on any atom is -0.478 e. The van der Waals surface area contributed by atoms with Gasteiger partial charge in [0.25, 0.3) is 0 Å². The number of aromatic carboxylic acids is 1. The van der Waals surface area contributed by atoms with Gasteiger partial charge in [-0.3, -0.25) is 0 Å². The molecule has 19 heavy (non-hydrogen) atoms. The van der Waals surface area contributed by atoms with Crippen molar-refractivity contribution in [1.82, 2.24) is 5.32 Å². The molecule has 1 aromatic rings. The zero-order valence-electron chi connectivity index (χ0n) is 11.7.